The quantitative estimate of drug-likeness (QED) is 0.348. The molecule has 0 radical (unpaired) electrons. The van der Waals surface area contributed by atoms with Gasteiger partial charge in [0.25, 0.3) is 0 Å². The van der Waals surface area contributed by atoms with Gasteiger partial charge in [-0.3, -0.25) is 4.79 Å². The lowest BCUT2D eigenvalue weighted by Crippen LogP contribution is -2.29. The van der Waals surface area contributed by atoms with E-state index in [1.807, 2.05) is 0 Å². The smallest absolute Gasteiger partial charge is 0.308 e. The molecule has 0 amide bonds. The van der Waals surface area contributed by atoms with E-state index in [1.165, 1.54) is 13.1 Å². The second-order valence-corrected chi connectivity index (χ2v) is 2.43. The summed E-state index contributed by atoms with van der Waals surface area (Å²) in [5.74, 6) is -0.165. The molecular weight excluding hydrogens is 158 g/mol. The second-order valence-electron chi connectivity index (χ2n) is 2.43. The average molecular weight is 167 g/mol. The van der Waals surface area contributed by atoms with Gasteiger partial charge in [-0.1, -0.05) is 0 Å². The lowest BCUT2D eigenvalue weighted by Gasteiger charge is -2.02. The molecule has 0 saturated heterocycles. The number of pyridine rings is 1. The first-order valence-corrected chi connectivity index (χ1v) is 3.48. The fourth-order valence-corrected chi connectivity index (χ4v) is 0.763. The summed E-state index contributed by atoms with van der Waals surface area (Å²) in [5.41, 5.74) is 0.561. The number of aromatic nitrogens is 1. The van der Waals surface area contributed by atoms with Gasteiger partial charge in [-0.2, -0.15) is 4.73 Å². The van der Waals surface area contributed by atoms with Gasteiger partial charge in [0.1, 0.15) is 0 Å². The van der Waals surface area contributed by atoms with Crippen LogP contribution in [0.3, 0.4) is 0 Å². The zero-order chi connectivity index (χ0) is 9.14. The fraction of sp³-hybridized carbons (Fsp3) is 0.250. The minimum absolute atomic E-state index is 0.267. The highest BCUT2D eigenvalue weighted by Gasteiger charge is 2.03. The van der Waals surface area contributed by atoms with Gasteiger partial charge in [0, 0.05) is 19.9 Å². The van der Waals surface area contributed by atoms with Gasteiger partial charge in [0.2, 0.25) is 6.20 Å². The monoisotopic (exact) mass is 167 g/mol. The van der Waals surface area contributed by atoms with Crippen LogP contribution in [0.25, 0.3) is 0 Å². The molecule has 4 nitrogen and oxygen atoms in total. The molecule has 64 valence electrons. The Morgan fingerprint density at radius 2 is 2.25 bits per heavy atom. The van der Waals surface area contributed by atoms with E-state index in [0.717, 1.165) is 0 Å². The molecule has 0 aromatic carbocycles. The largest absolute Gasteiger partial charge is 0.618 e. The van der Waals surface area contributed by atoms with E-state index in [1.54, 1.807) is 19.1 Å². The van der Waals surface area contributed by atoms with Gasteiger partial charge in [-0.05, 0) is 6.07 Å². The highest BCUT2D eigenvalue weighted by Crippen LogP contribution is 2.06. The number of nitrogens with zero attached hydrogens (tertiary/aromatic N) is 1. The van der Waals surface area contributed by atoms with Crippen molar-refractivity contribution in [1.82, 2.24) is 0 Å². The van der Waals surface area contributed by atoms with Crippen molar-refractivity contribution in [2.75, 3.05) is 0 Å². The van der Waals surface area contributed by atoms with Crippen LogP contribution >= 0.6 is 0 Å². The third kappa shape index (κ3) is 1.95. The van der Waals surface area contributed by atoms with Crippen molar-refractivity contribution >= 4 is 5.97 Å². The summed E-state index contributed by atoms with van der Waals surface area (Å²) in [6, 6.07) is 3.16. The highest BCUT2D eigenvalue weighted by molar-refractivity contribution is 5.68. The summed E-state index contributed by atoms with van der Waals surface area (Å²) >= 11 is 0. The Balaban J connectivity index is 2.89. The van der Waals surface area contributed by atoms with Crippen LogP contribution in [0.1, 0.15) is 12.6 Å². The number of aryl methyl sites for hydroxylation is 1. The van der Waals surface area contributed by atoms with Gasteiger partial charge in [-0.15, -0.1) is 0 Å². The summed E-state index contributed by atoms with van der Waals surface area (Å²) in [4.78, 5) is 10.5. The molecule has 1 aromatic rings. The Hall–Kier alpha value is -1.58. The van der Waals surface area contributed by atoms with Crippen molar-refractivity contribution in [3.8, 4) is 5.75 Å². The second kappa shape index (κ2) is 3.21. The minimum Gasteiger partial charge on any atom is -0.618 e. The Kier molecular flexibility index (Phi) is 2.28. The predicted octanol–water partition coefficient (Wildman–Crippen LogP) is 0.554. The van der Waals surface area contributed by atoms with E-state index in [9.17, 15) is 10.0 Å². The average Bonchev–Trinajstić information content (AvgIpc) is 1.96. The van der Waals surface area contributed by atoms with Gasteiger partial charge in [0.15, 0.2) is 11.4 Å². The van der Waals surface area contributed by atoms with Gasteiger partial charge >= 0.3 is 5.97 Å². The first-order valence-electron chi connectivity index (χ1n) is 3.48. The summed E-state index contributed by atoms with van der Waals surface area (Å²) in [6.45, 7) is 2.96. The van der Waals surface area contributed by atoms with Gasteiger partial charge < -0.3 is 9.94 Å². The normalized spacial score (nSPS) is 9.50. The molecular formula is C8H9NO3. The highest BCUT2D eigenvalue weighted by atomic mass is 16.5. The van der Waals surface area contributed by atoms with E-state index in [0.29, 0.717) is 10.4 Å². The van der Waals surface area contributed by atoms with Crippen LogP contribution in [-0.4, -0.2) is 5.97 Å². The van der Waals surface area contributed by atoms with Crippen molar-refractivity contribution < 1.29 is 14.3 Å². The van der Waals surface area contributed by atoms with E-state index in [-0.39, 0.29) is 5.75 Å². The van der Waals surface area contributed by atoms with Crippen molar-refractivity contribution in [1.29, 1.82) is 0 Å². The van der Waals surface area contributed by atoms with Crippen LogP contribution in [0, 0.1) is 12.1 Å². The standard InChI is InChI=1S/C8H9NO3/c1-6-3-4-8(5-9(6)11)12-7(2)10/h3-5H,1-2H3. The lowest BCUT2D eigenvalue weighted by molar-refractivity contribution is -0.612. The van der Waals surface area contributed by atoms with E-state index < -0.39 is 5.97 Å². The van der Waals surface area contributed by atoms with Crippen LogP contribution in [0.15, 0.2) is 18.3 Å². The number of hydrogen-bond donors (Lipinski definition) is 0. The Labute approximate surface area is 70.0 Å². The molecule has 0 saturated carbocycles. The van der Waals surface area contributed by atoms with Crippen molar-refractivity contribution in [3.05, 3.63) is 29.2 Å². The molecule has 0 aliphatic heterocycles. The molecule has 0 aliphatic rings. The minimum atomic E-state index is -0.432. The molecule has 0 bridgehead atoms. The molecule has 0 spiro atoms. The lowest BCUT2D eigenvalue weighted by atomic mass is 10.4. The maximum atomic E-state index is 10.9. The molecule has 4 heteroatoms. The summed E-state index contributed by atoms with van der Waals surface area (Å²) < 4.78 is 5.34. The Bertz CT molecular complexity index is 309. The number of esters is 1. The summed E-state index contributed by atoms with van der Waals surface area (Å²) in [5, 5.41) is 10.9. The molecule has 1 aromatic heterocycles. The van der Waals surface area contributed by atoms with Gasteiger partial charge in [0.05, 0.1) is 0 Å². The van der Waals surface area contributed by atoms with Crippen LogP contribution in [0.4, 0.5) is 0 Å². The Morgan fingerprint density at radius 3 is 2.75 bits per heavy atom. The van der Waals surface area contributed by atoms with E-state index >= 15 is 0 Å². The molecule has 0 atom stereocenters. The Morgan fingerprint density at radius 1 is 1.58 bits per heavy atom. The van der Waals surface area contributed by atoms with Crippen molar-refractivity contribution in [2.45, 2.75) is 13.8 Å². The van der Waals surface area contributed by atoms with Crippen molar-refractivity contribution in [2.24, 2.45) is 0 Å². The molecule has 1 heterocycles. The van der Waals surface area contributed by atoms with Crippen molar-refractivity contribution in [3.63, 3.8) is 0 Å². The summed E-state index contributed by atoms with van der Waals surface area (Å²) in [6.07, 6.45) is 1.22. The maximum absolute atomic E-state index is 10.9. The zero-order valence-electron chi connectivity index (χ0n) is 6.90. The molecule has 0 N–H and O–H groups in total. The SMILES string of the molecule is CC(=O)Oc1ccc(C)[n+]([O-])c1. The third-order valence-electron chi connectivity index (χ3n) is 1.34. The van der Waals surface area contributed by atoms with Crippen LogP contribution < -0.4 is 9.47 Å². The van der Waals surface area contributed by atoms with Crippen LogP contribution in [0.5, 0.6) is 5.75 Å². The van der Waals surface area contributed by atoms with Crippen LogP contribution in [-0.2, 0) is 4.79 Å². The first kappa shape index (κ1) is 8.52. The molecule has 1 rings (SSSR count). The summed E-state index contributed by atoms with van der Waals surface area (Å²) in [7, 11) is 0. The van der Waals surface area contributed by atoms with Gasteiger partial charge in [-0.25, -0.2) is 0 Å². The first-order chi connectivity index (χ1) is 5.59. The van der Waals surface area contributed by atoms with Crippen LogP contribution in [0.2, 0.25) is 0 Å². The number of carbonyl (C=O) groups excluding carboxylic acids is 1. The number of rotatable bonds is 1. The third-order valence-corrected chi connectivity index (χ3v) is 1.34. The van der Waals surface area contributed by atoms with E-state index in [4.69, 9.17) is 4.74 Å². The molecule has 12 heavy (non-hydrogen) atoms. The fourth-order valence-electron chi connectivity index (χ4n) is 0.763. The number of hydrogen-bond acceptors (Lipinski definition) is 3. The molecule has 0 unspecified atom stereocenters. The molecule has 0 aliphatic carbocycles. The maximum Gasteiger partial charge on any atom is 0.308 e. The topological polar surface area (TPSA) is 53.2 Å². The predicted molar refractivity (Wildman–Crippen MR) is 41.4 cm³/mol. The number of carbonyl (C=O) groups is 1. The zero-order valence-corrected chi connectivity index (χ0v) is 6.90. The van der Waals surface area contributed by atoms with E-state index in [2.05, 4.69) is 0 Å². The number of ether oxygens (including phenoxy) is 1. The molecule has 0 fully saturated rings.